The summed E-state index contributed by atoms with van der Waals surface area (Å²) in [5.41, 5.74) is 8.32. The first-order valence-electron chi connectivity index (χ1n) is 6.76. The van der Waals surface area contributed by atoms with Gasteiger partial charge < -0.3 is 10.8 Å². The molecule has 19 heavy (non-hydrogen) atoms. The van der Waals surface area contributed by atoms with Crippen molar-refractivity contribution in [3.63, 3.8) is 0 Å². The molecule has 3 N–H and O–H groups in total. The Bertz CT molecular complexity index is 576. The molecule has 0 fully saturated rings. The van der Waals surface area contributed by atoms with E-state index in [0.717, 1.165) is 28.6 Å². The highest BCUT2D eigenvalue weighted by atomic mass is 16.3. The average Bonchev–Trinajstić information content (AvgIpc) is 2.44. The lowest BCUT2D eigenvalue weighted by Gasteiger charge is -2.33. The van der Waals surface area contributed by atoms with Crippen molar-refractivity contribution < 1.29 is 5.11 Å². The number of nitrogens with zero attached hydrogens (tertiary/aromatic N) is 1. The van der Waals surface area contributed by atoms with E-state index in [0.29, 0.717) is 6.54 Å². The molecule has 0 saturated carbocycles. The maximum absolute atomic E-state index is 10.8. The SMILES string of the molecule is CCC(C)(CN)C(O)c1cc(C)nc2ccccc12. The first kappa shape index (κ1) is 14.0. The Morgan fingerprint density at radius 2 is 2.05 bits per heavy atom. The fourth-order valence-corrected chi connectivity index (χ4v) is 2.39. The van der Waals surface area contributed by atoms with Crippen molar-refractivity contribution >= 4 is 10.9 Å². The van der Waals surface area contributed by atoms with Crippen molar-refractivity contribution in [1.29, 1.82) is 0 Å². The Labute approximate surface area is 114 Å². The largest absolute Gasteiger partial charge is 0.388 e. The van der Waals surface area contributed by atoms with E-state index >= 15 is 0 Å². The molecule has 0 saturated heterocycles. The van der Waals surface area contributed by atoms with Gasteiger partial charge in [0.05, 0.1) is 11.6 Å². The van der Waals surface area contributed by atoms with Gasteiger partial charge >= 0.3 is 0 Å². The summed E-state index contributed by atoms with van der Waals surface area (Å²) in [6, 6.07) is 9.89. The summed E-state index contributed by atoms with van der Waals surface area (Å²) in [4.78, 5) is 4.51. The topological polar surface area (TPSA) is 59.1 Å². The van der Waals surface area contributed by atoms with Crippen LogP contribution in [0.3, 0.4) is 0 Å². The van der Waals surface area contributed by atoms with E-state index in [2.05, 4.69) is 11.9 Å². The van der Waals surface area contributed by atoms with Gasteiger partial charge in [-0.15, -0.1) is 0 Å². The Hall–Kier alpha value is -1.45. The van der Waals surface area contributed by atoms with E-state index in [1.54, 1.807) is 0 Å². The van der Waals surface area contributed by atoms with Gasteiger partial charge in [-0.3, -0.25) is 4.98 Å². The van der Waals surface area contributed by atoms with Crippen LogP contribution < -0.4 is 5.73 Å². The zero-order chi connectivity index (χ0) is 14.0. The molecule has 3 nitrogen and oxygen atoms in total. The predicted octanol–water partition coefficient (Wildman–Crippen LogP) is 2.95. The van der Waals surface area contributed by atoms with Gasteiger partial charge in [0.25, 0.3) is 0 Å². The van der Waals surface area contributed by atoms with Crippen molar-refractivity contribution in [3.8, 4) is 0 Å². The second-order valence-corrected chi connectivity index (χ2v) is 5.48. The van der Waals surface area contributed by atoms with Gasteiger partial charge in [0.2, 0.25) is 0 Å². The molecule has 0 spiro atoms. The summed E-state index contributed by atoms with van der Waals surface area (Å²) < 4.78 is 0. The lowest BCUT2D eigenvalue weighted by Crippen LogP contribution is -2.33. The number of aryl methyl sites for hydroxylation is 1. The molecule has 0 aliphatic heterocycles. The number of nitrogens with two attached hydrogens (primary N) is 1. The van der Waals surface area contributed by atoms with Crippen LogP contribution in [0.1, 0.15) is 37.6 Å². The highest BCUT2D eigenvalue weighted by molar-refractivity contribution is 5.82. The molecule has 2 rings (SSSR count). The number of aromatic nitrogens is 1. The first-order chi connectivity index (χ1) is 9.01. The van der Waals surface area contributed by atoms with E-state index < -0.39 is 6.10 Å². The normalized spacial score (nSPS) is 16.3. The minimum atomic E-state index is -0.575. The van der Waals surface area contributed by atoms with Gasteiger partial charge in [0.1, 0.15) is 0 Å². The standard InChI is InChI=1S/C16H22N2O/c1-4-16(3,10-17)15(19)13-9-11(2)18-14-8-6-5-7-12(13)14/h5-9,15,19H,4,10,17H2,1-3H3. The van der Waals surface area contributed by atoms with Crippen LogP contribution in [0, 0.1) is 12.3 Å². The number of aliphatic hydroxyl groups is 1. The molecular formula is C16H22N2O. The molecule has 1 heterocycles. The van der Waals surface area contributed by atoms with Gasteiger partial charge in [-0.1, -0.05) is 32.0 Å². The molecule has 0 bridgehead atoms. The van der Waals surface area contributed by atoms with Gasteiger partial charge in [-0.05, 0) is 31.0 Å². The molecule has 0 aliphatic carbocycles. The number of rotatable bonds is 4. The van der Waals surface area contributed by atoms with E-state index in [1.807, 2.05) is 44.2 Å². The van der Waals surface area contributed by atoms with E-state index in [-0.39, 0.29) is 5.41 Å². The van der Waals surface area contributed by atoms with Crippen molar-refractivity contribution in [2.45, 2.75) is 33.3 Å². The Morgan fingerprint density at radius 1 is 1.37 bits per heavy atom. The van der Waals surface area contributed by atoms with Gasteiger partial charge in [-0.2, -0.15) is 0 Å². The summed E-state index contributed by atoms with van der Waals surface area (Å²) in [6.45, 7) is 6.50. The molecule has 2 atom stereocenters. The van der Waals surface area contributed by atoms with Crippen LogP contribution in [0.25, 0.3) is 10.9 Å². The molecule has 0 amide bonds. The summed E-state index contributed by atoms with van der Waals surface area (Å²) in [5, 5.41) is 11.8. The highest BCUT2D eigenvalue weighted by Gasteiger charge is 2.32. The molecule has 2 unspecified atom stereocenters. The highest BCUT2D eigenvalue weighted by Crippen LogP contribution is 2.38. The Morgan fingerprint density at radius 3 is 2.68 bits per heavy atom. The zero-order valence-electron chi connectivity index (χ0n) is 11.9. The first-order valence-corrected chi connectivity index (χ1v) is 6.76. The molecule has 1 aromatic heterocycles. The Balaban J connectivity index is 2.61. The lowest BCUT2D eigenvalue weighted by molar-refractivity contribution is 0.0402. The van der Waals surface area contributed by atoms with Gasteiger partial charge in [0, 0.05) is 23.0 Å². The predicted molar refractivity (Wildman–Crippen MR) is 78.9 cm³/mol. The molecule has 1 aromatic carbocycles. The van der Waals surface area contributed by atoms with Crippen LogP contribution >= 0.6 is 0 Å². The van der Waals surface area contributed by atoms with E-state index in [9.17, 15) is 5.11 Å². The summed E-state index contributed by atoms with van der Waals surface area (Å²) in [5.74, 6) is 0. The Kier molecular flexibility index (Phi) is 3.88. The van der Waals surface area contributed by atoms with Crippen molar-refractivity contribution in [1.82, 2.24) is 4.98 Å². The maximum atomic E-state index is 10.8. The third-order valence-electron chi connectivity index (χ3n) is 4.10. The zero-order valence-corrected chi connectivity index (χ0v) is 11.9. The molecular weight excluding hydrogens is 236 g/mol. The number of benzene rings is 1. The van der Waals surface area contributed by atoms with Crippen LogP contribution in [0.5, 0.6) is 0 Å². The number of para-hydroxylation sites is 1. The fraction of sp³-hybridized carbons (Fsp3) is 0.438. The molecule has 2 aromatic rings. The van der Waals surface area contributed by atoms with Crippen molar-refractivity contribution in [2.75, 3.05) is 6.54 Å². The van der Waals surface area contributed by atoms with Crippen LogP contribution in [0.4, 0.5) is 0 Å². The van der Waals surface area contributed by atoms with Gasteiger partial charge in [0.15, 0.2) is 0 Å². The number of fused-ring (bicyclic) bond motifs is 1. The second kappa shape index (κ2) is 5.27. The van der Waals surface area contributed by atoms with E-state index in [1.165, 1.54) is 0 Å². The molecule has 102 valence electrons. The second-order valence-electron chi connectivity index (χ2n) is 5.48. The molecule has 3 heteroatoms. The van der Waals surface area contributed by atoms with Crippen molar-refractivity contribution in [2.24, 2.45) is 11.1 Å². The summed E-state index contributed by atoms with van der Waals surface area (Å²) >= 11 is 0. The molecule has 0 radical (unpaired) electrons. The van der Waals surface area contributed by atoms with Gasteiger partial charge in [-0.25, -0.2) is 0 Å². The number of pyridine rings is 1. The van der Waals surface area contributed by atoms with E-state index in [4.69, 9.17) is 5.73 Å². The quantitative estimate of drug-likeness (QED) is 0.886. The number of hydrogen-bond acceptors (Lipinski definition) is 3. The lowest BCUT2D eigenvalue weighted by atomic mass is 9.77. The minimum absolute atomic E-state index is 0.309. The monoisotopic (exact) mass is 258 g/mol. The smallest absolute Gasteiger partial charge is 0.0862 e. The third kappa shape index (κ3) is 2.48. The summed E-state index contributed by atoms with van der Waals surface area (Å²) in [7, 11) is 0. The van der Waals surface area contributed by atoms with Crippen LogP contribution in [0.15, 0.2) is 30.3 Å². The average molecular weight is 258 g/mol. The fourth-order valence-electron chi connectivity index (χ4n) is 2.39. The van der Waals surface area contributed by atoms with Crippen molar-refractivity contribution in [3.05, 3.63) is 41.6 Å². The van der Waals surface area contributed by atoms with Crippen LogP contribution in [0.2, 0.25) is 0 Å². The third-order valence-corrected chi connectivity index (χ3v) is 4.10. The maximum Gasteiger partial charge on any atom is 0.0862 e. The minimum Gasteiger partial charge on any atom is -0.388 e. The number of aliphatic hydroxyl groups excluding tert-OH is 1. The molecule has 0 aliphatic rings. The van der Waals surface area contributed by atoms with Crippen LogP contribution in [-0.2, 0) is 0 Å². The number of hydrogen-bond donors (Lipinski definition) is 2. The summed E-state index contributed by atoms with van der Waals surface area (Å²) in [6.07, 6.45) is 0.259. The van der Waals surface area contributed by atoms with Crippen LogP contribution in [-0.4, -0.2) is 16.6 Å².